The molecule has 29 heavy (non-hydrogen) atoms. The van der Waals surface area contributed by atoms with Crippen molar-refractivity contribution in [3.63, 3.8) is 0 Å². The predicted molar refractivity (Wildman–Crippen MR) is 112 cm³/mol. The van der Waals surface area contributed by atoms with Crippen LogP contribution in [0.25, 0.3) is 11.5 Å². The molecule has 0 saturated heterocycles. The number of fused-ring (bicyclic) bond motifs is 1. The number of hydrogen-bond donors (Lipinski definition) is 0. The third-order valence-electron chi connectivity index (χ3n) is 5.23. The van der Waals surface area contributed by atoms with Crippen LogP contribution >= 0.6 is 11.3 Å². The molecule has 1 unspecified atom stereocenters. The maximum Gasteiger partial charge on any atom is 0.218 e. The first-order valence-electron chi connectivity index (χ1n) is 9.76. The number of amidine groups is 1. The lowest BCUT2D eigenvalue weighted by molar-refractivity contribution is 0.211. The van der Waals surface area contributed by atoms with E-state index in [1.54, 1.807) is 5.51 Å². The maximum absolute atomic E-state index is 14.3. The van der Waals surface area contributed by atoms with Crippen molar-refractivity contribution in [1.29, 1.82) is 0 Å². The summed E-state index contributed by atoms with van der Waals surface area (Å²) < 4.78 is 19.8. The third-order valence-corrected chi connectivity index (χ3v) is 5.82. The SMILES string of the molecule is C=C(/C=C(/F)N=C(C)N1CCc2nc(-c3cscn3)ncc2C1C)OCC1CC1. The van der Waals surface area contributed by atoms with Crippen molar-refractivity contribution in [3.05, 3.63) is 52.7 Å². The van der Waals surface area contributed by atoms with Crippen molar-refractivity contribution in [2.24, 2.45) is 10.9 Å². The topological polar surface area (TPSA) is 63.5 Å². The van der Waals surface area contributed by atoms with Gasteiger partial charge < -0.3 is 9.64 Å². The zero-order valence-electron chi connectivity index (χ0n) is 16.6. The number of nitrogens with zero attached hydrogens (tertiary/aromatic N) is 5. The van der Waals surface area contributed by atoms with Crippen LogP contribution in [0.4, 0.5) is 4.39 Å². The van der Waals surface area contributed by atoms with Crippen LogP contribution in [0.3, 0.4) is 0 Å². The Morgan fingerprint density at radius 2 is 2.28 bits per heavy atom. The van der Waals surface area contributed by atoms with Gasteiger partial charge in [-0.1, -0.05) is 6.58 Å². The fraction of sp³-hybridized carbons (Fsp3) is 0.429. The van der Waals surface area contributed by atoms with Crippen LogP contribution in [-0.4, -0.2) is 38.8 Å². The molecular formula is C21H24FN5OS. The van der Waals surface area contributed by atoms with Gasteiger partial charge in [-0.25, -0.2) is 19.9 Å². The van der Waals surface area contributed by atoms with E-state index < -0.39 is 5.95 Å². The molecule has 0 aromatic carbocycles. The second kappa shape index (κ2) is 8.41. The van der Waals surface area contributed by atoms with E-state index in [0.717, 1.165) is 23.4 Å². The summed E-state index contributed by atoms with van der Waals surface area (Å²) >= 11 is 1.52. The van der Waals surface area contributed by atoms with Crippen LogP contribution in [-0.2, 0) is 11.2 Å². The lowest BCUT2D eigenvalue weighted by Crippen LogP contribution is -2.38. The van der Waals surface area contributed by atoms with Crippen LogP contribution in [0.2, 0.25) is 0 Å². The molecular weight excluding hydrogens is 389 g/mol. The average Bonchev–Trinajstić information content (AvgIpc) is 3.37. The van der Waals surface area contributed by atoms with E-state index in [1.807, 2.05) is 18.5 Å². The van der Waals surface area contributed by atoms with Crippen molar-refractivity contribution >= 4 is 17.2 Å². The summed E-state index contributed by atoms with van der Waals surface area (Å²) in [6.45, 7) is 8.93. The smallest absolute Gasteiger partial charge is 0.218 e. The van der Waals surface area contributed by atoms with Crippen molar-refractivity contribution in [1.82, 2.24) is 19.9 Å². The van der Waals surface area contributed by atoms with Gasteiger partial charge in [0.05, 0.1) is 23.9 Å². The first kappa shape index (κ1) is 19.7. The molecule has 2 aliphatic rings. The minimum Gasteiger partial charge on any atom is -0.494 e. The molecule has 1 aliphatic heterocycles. The van der Waals surface area contributed by atoms with Gasteiger partial charge in [0.1, 0.15) is 17.3 Å². The highest BCUT2D eigenvalue weighted by molar-refractivity contribution is 7.07. The monoisotopic (exact) mass is 413 g/mol. The Bertz CT molecular complexity index is 952. The number of ether oxygens (including phenoxy) is 1. The number of allylic oxidation sites excluding steroid dienone is 1. The maximum atomic E-state index is 14.3. The predicted octanol–water partition coefficient (Wildman–Crippen LogP) is 4.69. The zero-order chi connectivity index (χ0) is 20.4. The molecule has 4 rings (SSSR count). The van der Waals surface area contributed by atoms with Crippen LogP contribution in [0.5, 0.6) is 0 Å². The molecule has 8 heteroatoms. The Hall–Kier alpha value is -2.61. The summed E-state index contributed by atoms with van der Waals surface area (Å²) in [5.41, 5.74) is 4.61. The standard InChI is InChI=1S/C21H24FN5OS/c1-13(28-10-16-4-5-16)8-20(22)25-15(3)27-7-6-18-17(14(27)2)9-23-21(26-18)19-11-29-12-24-19/h8-9,11-12,14,16H,1,4-7,10H2,2-3H3/b20-8-,25-15?. The van der Waals surface area contributed by atoms with Gasteiger partial charge in [-0.3, -0.25) is 0 Å². The summed E-state index contributed by atoms with van der Waals surface area (Å²) in [5.74, 6) is 1.56. The average molecular weight is 414 g/mol. The van der Waals surface area contributed by atoms with Crippen molar-refractivity contribution in [2.75, 3.05) is 13.2 Å². The number of aliphatic imine (C=N–C) groups is 1. The van der Waals surface area contributed by atoms with Crippen molar-refractivity contribution in [2.45, 2.75) is 39.2 Å². The molecule has 0 amide bonds. The Morgan fingerprint density at radius 1 is 1.45 bits per heavy atom. The molecule has 152 valence electrons. The molecule has 2 aromatic heterocycles. The Morgan fingerprint density at radius 3 is 3.00 bits per heavy atom. The van der Waals surface area contributed by atoms with Gasteiger partial charge in [0.25, 0.3) is 0 Å². The summed E-state index contributed by atoms with van der Waals surface area (Å²) in [7, 11) is 0. The minimum absolute atomic E-state index is 0.00843. The molecule has 3 heterocycles. The zero-order valence-corrected chi connectivity index (χ0v) is 17.5. The largest absolute Gasteiger partial charge is 0.494 e. The normalized spacial score (nSPS) is 19.8. The summed E-state index contributed by atoms with van der Waals surface area (Å²) in [5, 5.41) is 1.94. The lowest BCUT2D eigenvalue weighted by Gasteiger charge is -2.35. The van der Waals surface area contributed by atoms with E-state index in [9.17, 15) is 4.39 Å². The highest BCUT2D eigenvalue weighted by atomic mass is 32.1. The van der Waals surface area contributed by atoms with Crippen LogP contribution in [0.15, 0.2) is 46.4 Å². The number of thiazole rings is 1. The number of hydrogen-bond acceptors (Lipinski definition) is 6. The van der Waals surface area contributed by atoms with E-state index in [0.29, 0.717) is 36.5 Å². The molecule has 1 saturated carbocycles. The van der Waals surface area contributed by atoms with E-state index >= 15 is 0 Å². The fourth-order valence-electron chi connectivity index (χ4n) is 3.39. The molecule has 0 radical (unpaired) electrons. The summed E-state index contributed by atoms with van der Waals surface area (Å²) in [6.07, 6.45) is 6.20. The number of aromatic nitrogens is 3. The van der Waals surface area contributed by atoms with Crippen LogP contribution in [0, 0.1) is 5.92 Å². The molecule has 1 aliphatic carbocycles. The molecule has 1 fully saturated rings. The van der Waals surface area contributed by atoms with E-state index in [1.165, 1.54) is 30.3 Å². The van der Waals surface area contributed by atoms with Gasteiger partial charge in [-0.2, -0.15) is 4.39 Å². The summed E-state index contributed by atoms with van der Waals surface area (Å²) in [6, 6.07) is 0.00843. The van der Waals surface area contributed by atoms with Crippen molar-refractivity contribution < 1.29 is 9.13 Å². The molecule has 0 bridgehead atoms. The van der Waals surface area contributed by atoms with Gasteiger partial charge in [-0.05, 0) is 32.6 Å². The highest BCUT2D eigenvalue weighted by Gasteiger charge is 2.27. The van der Waals surface area contributed by atoms with Gasteiger partial charge in [0.15, 0.2) is 5.82 Å². The first-order valence-corrected chi connectivity index (χ1v) is 10.7. The fourth-order valence-corrected chi connectivity index (χ4v) is 3.92. The van der Waals surface area contributed by atoms with E-state index in [2.05, 4.69) is 33.4 Å². The Kier molecular flexibility index (Phi) is 5.71. The van der Waals surface area contributed by atoms with Crippen LogP contribution < -0.4 is 0 Å². The highest BCUT2D eigenvalue weighted by Crippen LogP contribution is 2.31. The lowest BCUT2D eigenvalue weighted by atomic mass is 9.99. The second-order valence-electron chi connectivity index (χ2n) is 7.44. The number of halogens is 1. The molecule has 1 atom stereocenters. The quantitative estimate of drug-likeness (QED) is 0.226. The van der Waals surface area contributed by atoms with Crippen LogP contribution in [0.1, 0.15) is 44.0 Å². The molecule has 0 spiro atoms. The Labute approximate surface area is 173 Å². The third kappa shape index (κ3) is 4.70. The van der Waals surface area contributed by atoms with Gasteiger partial charge in [-0.15, -0.1) is 11.3 Å². The van der Waals surface area contributed by atoms with Gasteiger partial charge >= 0.3 is 0 Å². The van der Waals surface area contributed by atoms with Crippen molar-refractivity contribution in [3.8, 4) is 11.5 Å². The molecule has 2 aromatic rings. The summed E-state index contributed by atoms with van der Waals surface area (Å²) in [4.78, 5) is 19.6. The molecule has 6 nitrogen and oxygen atoms in total. The minimum atomic E-state index is -0.601. The second-order valence-corrected chi connectivity index (χ2v) is 8.15. The first-order chi connectivity index (χ1) is 14.0. The van der Waals surface area contributed by atoms with Gasteiger partial charge in [0.2, 0.25) is 5.95 Å². The molecule has 0 N–H and O–H groups in total. The van der Waals surface area contributed by atoms with E-state index in [-0.39, 0.29) is 6.04 Å². The van der Waals surface area contributed by atoms with E-state index in [4.69, 9.17) is 9.72 Å². The Balaban J connectivity index is 1.45. The number of rotatable bonds is 6. The van der Waals surface area contributed by atoms with Gasteiger partial charge in [0, 0.05) is 36.2 Å².